The van der Waals surface area contributed by atoms with Crippen molar-refractivity contribution in [3.8, 4) is 25.3 Å². The van der Waals surface area contributed by atoms with Gasteiger partial charge in [0.1, 0.15) is 11.3 Å². The second kappa shape index (κ2) is 4.88. The van der Waals surface area contributed by atoms with E-state index < -0.39 is 0 Å². The van der Waals surface area contributed by atoms with Gasteiger partial charge in [0, 0.05) is 11.1 Å². The average Bonchev–Trinajstić information content (AvgIpc) is 2.83. The van der Waals surface area contributed by atoms with E-state index in [1.165, 1.54) is 11.3 Å². The normalized spacial score (nSPS) is 10.4. The molecule has 0 atom stereocenters. The standard InChI is InChI=1S/C15H10OS2/c16-14-13(11-7-3-1-4-8-11)17-15(18-14)12-9-5-2-6-10-12/h1-10H/p+1. The van der Waals surface area contributed by atoms with Crippen molar-refractivity contribution < 1.29 is 5.11 Å². The Morgan fingerprint density at radius 2 is 1.33 bits per heavy atom. The summed E-state index contributed by atoms with van der Waals surface area (Å²) in [5.74, 6) is 0. The zero-order chi connectivity index (χ0) is 12.4. The van der Waals surface area contributed by atoms with Crippen LogP contribution in [0.4, 0.5) is 0 Å². The van der Waals surface area contributed by atoms with E-state index in [0.29, 0.717) is 5.06 Å². The van der Waals surface area contributed by atoms with Crippen LogP contribution in [0.15, 0.2) is 60.7 Å². The molecule has 0 saturated heterocycles. The van der Waals surface area contributed by atoms with Crippen LogP contribution in [-0.2, 0) is 0 Å². The predicted molar refractivity (Wildman–Crippen MR) is 79.1 cm³/mol. The molecular formula is C15H11OS2+. The van der Waals surface area contributed by atoms with Crippen LogP contribution in [0.3, 0.4) is 0 Å². The predicted octanol–water partition coefficient (Wildman–Crippen LogP) is 5.13. The molecule has 0 unspecified atom stereocenters. The summed E-state index contributed by atoms with van der Waals surface area (Å²) in [7, 11) is 0. The molecule has 1 nitrogen and oxygen atoms in total. The summed E-state index contributed by atoms with van der Waals surface area (Å²) in [6, 6.07) is 20.2. The molecule has 0 aliphatic heterocycles. The van der Waals surface area contributed by atoms with Gasteiger partial charge >= 0.3 is 5.06 Å². The van der Waals surface area contributed by atoms with E-state index in [2.05, 4.69) is 12.1 Å². The fraction of sp³-hybridized carbons (Fsp3) is 0. The highest BCUT2D eigenvalue weighted by molar-refractivity contribution is 7.39. The Labute approximate surface area is 114 Å². The summed E-state index contributed by atoms with van der Waals surface area (Å²) < 4.78 is 1.13. The lowest BCUT2D eigenvalue weighted by atomic mass is 10.2. The first-order chi connectivity index (χ1) is 8.84. The quantitative estimate of drug-likeness (QED) is 0.641. The third-order valence-electron chi connectivity index (χ3n) is 2.62. The maximum atomic E-state index is 10.1. The summed E-state index contributed by atoms with van der Waals surface area (Å²) in [5.41, 5.74) is 2.23. The van der Waals surface area contributed by atoms with E-state index in [1.54, 1.807) is 11.3 Å². The minimum atomic E-state index is 0.394. The van der Waals surface area contributed by atoms with Crippen LogP contribution in [0.2, 0.25) is 0 Å². The Bertz CT molecular complexity index is 645. The maximum absolute atomic E-state index is 10.1. The second-order valence-corrected chi connectivity index (χ2v) is 6.14. The zero-order valence-electron chi connectivity index (χ0n) is 9.54. The highest BCUT2D eigenvalue weighted by atomic mass is 32.2. The topological polar surface area (TPSA) is 20.2 Å². The van der Waals surface area contributed by atoms with Gasteiger partial charge in [-0.25, -0.2) is 0 Å². The lowest BCUT2D eigenvalue weighted by molar-refractivity contribution is 0.493. The van der Waals surface area contributed by atoms with E-state index >= 15 is 0 Å². The number of rotatable bonds is 2. The van der Waals surface area contributed by atoms with Gasteiger partial charge < -0.3 is 5.11 Å². The summed E-state index contributed by atoms with van der Waals surface area (Å²) in [5, 5.41) is 10.5. The third-order valence-corrected chi connectivity index (χ3v) is 5.13. The molecule has 0 aliphatic rings. The molecule has 0 aliphatic carbocycles. The van der Waals surface area contributed by atoms with E-state index in [1.807, 2.05) is 48.5 Å². The van der Waals surface area contributed by atoms with Crippen molar-refractivity contribution in [3.63, 3.8) is 0 Å². The van der Waals surface area contributed by atoms with Crippen LogP contribution in [0, 0.1) is 0 Å². The lowest BCUT2D eigenvalue weighted by Gasteiger charge is -1.90. The average molecular weight is 271 g/mol. The Balaban J connectivity index is 2.07. The van der Waals surface area contributed by atoms with Gasteiger partial charge in [0.2, 0.25) is 4.88 Å². The monoisotopic (exact) mass is 271 g/mol. The molecule has 1 aromatic heterocycles. The van der Waals surface area contributed by atoms with Crippen molar-refractivity contribution in [2.45, 2.75) is 0 Å². The number of aromatic hydroxyl groups is 1. The first-order valence-corrected chi connectivity index (χ1v) is 7.24. The lowest BCUT2D eigenvalue weighted by Crippen LogP contribution is -1.69. The van der Waals surface area contributed by atoms with Crippen LogP contribution < -0.4 is 0 Å². The summed E-state index contributed by atoms with van der Waals surface area (Å²) >= 11 is 3.07. The van der Waals surface area contributed by atoms with E-state index in [0.717, 1.165) is 20.2 Å². The van der Waals surface area contributed by atoms with Gasteiger partial charge in [-0.3, -0.25) is 0 Å². The Morgan fingerprint density at radius 1 is 0.778 bits per heavy atom. The van der Waals surface area contributed by atoms with E-state index in [9.17, 15) is 5.11 Å². The number of hydrogen-bond donors (Lipinski definition) is 1. The molecule has 0 fully saturated rings. The molecule has 1 heterocycles. The van der Waals surface area contributed by atoms with Gasteiger partial charge in [0.15, 0.2) is 0 Å². The summed E-state index contributed by atoms with van der Waals surface area (Å²) in [4.78, 5) is 0.944. The van der Waals surface area contributed by atoms with Gasteiger partial charge in [-0.2, -0.15) is 0 Å². The van der Waals surface area contributed by atoms with Gasteiger partial charge in [-0.1, -0.05) is 48.5 Å². The first kappa shape index (κ1) is 11.4. The molecule has 0 amide bonds. The smallest absolute Gasteiger partial charge is 0.320 e. The van der Waals surface area contributed by atoms with Crippen LogP contribution in [0.1, 0.15) is 0 Å². The van der Waals surface area contributed by atoms with Crippen molar-refractivity contribution in [1.82, 2.24) is 0 Å². The molecule has 0 saturated carbocycles. The number of hydrogen-bond acceptors (Lipinski definition) is 2. The highest BCUT2D eigenvalue weighted by Gasteiger charge is 2.24. The summed E-state index contributed by atoms with van der Waals surface area (Å²) in [6.07, 6.45) is 0. The Morgan fingerprint density at radius 3 is 1.94 bits per heavy atom. The minimum absolute atomic E-state index is 0.394. The zero-order valence-corrected chi connectivity index (χ0v) is 11.2. The van der Waals surface area contributed by atoms with Crippen molar-refractivity contribution in [2.75, 3.05) is 0 Å². The fourth-order valence-electron chi connectivity index (χ4n) is 1.76. The van der Waals surface area contributed by atoms with Crippen LogP contribution in [0.5, 0.6) is 5.06 Å². The van der Waals surface area contributed by atoms with Crippen LogP contribution in [0.25, 0.3) is 20.2 Å². The van der Waals surface area contributed by atoms with Crippen LogP contribution in [-0.4, -0.2) is 5.11 Å². The van der Waals surface area contributed by atoms with Gasteiger partial charge in [-0.15, -0.1) is 0 Å². The highest BCUT2D eigenvalue weighted by Crippen LogP contribution is 2.46. The first-order valence-electron chi connectivity index (χ1n) is 5.61. The third kappa shape index (κ3) is 2.15. The Hall–Kier alpha value is -1.71. The molecule has 3 heteroatoms. The van der Waals surface area contributed by atoms with E-state index in [-0.39, 0.29) is 0 Å². The van der Waals surface area contributed by atoms with Crippen molar-refractivity contribution >= 4 is 22.7 Å². The van der Waals surface area contributed by atoms with Crippen LogP contribution >= 0.6 is 22.7 Å². The second-order valence-electron chi connectivity index (χ2n) is 3.86. The molecule has 3 rings (SSSR count). The maximum Gasteiger partial charge on any atom is 0.320 e. The number of benzene rings is 2. The molecule has 0 radical (unpaired) electrons. The SMILES string of the molecule is Oc1[s+]c(-c2ccccc2)sc1-c1ccccc1. The van der Waals surface area contributed by atoms with Gasteiger partial charge in [-0.05, 0) is 12.1 Å². The molecule has 1 N–H and O–H groups in total. The van der Waals surface area contributed by atoms with E-state index in [4.69, 9.17) is 0 Å². The molecule has 3 aromatic rings. The molecular weight excluding hydrogens is 260 g/mol. The van der Waals surface area contributed by atoms with Crippen molar-refractivity contribution in [2.24, 2.45) is 0 Å². The van der Waals surface area contributed by atoms with Crippen molar-refractivity contribution in [1.29, 1.82) is 0 Å². The molecule has 0 spiro atoms. The van der Waals surface area contributed by atoms with Gasteiger partial charge in [0.05, 0.1) is 11.3 Å². The molecule has 2 aromatic carbocycles. The Kier molecular flexibility index (Phi) is 3.09. The fourth-order valence-corrected chi connectivity index (χ4v) is 4.08. The van der Waals surface area contributed by atoms with Gasteiger partial charge in [0.25, 0.3) is 4.19 Å². The largest absolute Gasteiger partial charge is 0.481 e. The molecule has 88 valence electrons. The molecule has 18 heavy (non-hydrogen) atoms. The molecule has 0 bridgehead atoms. The van der Waals surface area contributed by atoms with Crippen molar-refractivity contribution in [3.05, 3.63) is 60.7 Å². The summed E-state index contributed by atoms with van der Waals surface area (Å²) in [6.45, 7) is 0. The minimum Gasteiger partial charge on any atom is -0.481 e.